The molecule has 1 spiro atoms. The zero-order valence-corrected chi connectivity index (χ0v) is 13.6. The highest BCUT2D eigenvalue weighted by molar-refractivity contribution is 5.76. The molecule has 1 N–H and O–H groups in total. The summed E-state index contributed by atoms with van der Waals surface area (Å²) in [7, 11) is 0. The molecule has 126 valence electrons. The SMILES string of the molecule is O=C(CCNC1CCCCCC1)N1CCC2(CC1)OCCO2. The fourth-order valence-corrected chi connectivity index (χ4v) is 3.91. The first-order valence-electron chi connectivity index (χ1n) is 9.07. The monoisotopic (exact) mass is 310 g/mol. The van der Waals surface area contributed by atoms with Gasteiger partial charge in [-0.05, 0) is 12.8 Å². The van der Waals surface area contributed by atoms with E-state index in [4.69, 9.17) is 9.47 Å². The predicted molar refractivity (Wildman–Crippen MR) is 84.6 cm³/mol. The van der Waals surface area contributed by atoms with Crippen molar-refractivity contribution in [2.75, 3.05) is 32.8 Å². The number of nitrogens with one attached hydrogen (secondary N) is 1. The van der Waals surface area contributed by atoms with E-state index in [1.165, 1.54) is 38.5 Å². The minimum absolute atomic E-state index is 0.272. The Morgan fingerprint density at radius 2 is 1.68 bits per heavy atom. The van der Waals surface area contributed by atoms with Crippen LogP contribution in [0.2, 0.25) is 0 Å². The van der Waals surface area contributed by atoms with E-state index in [9.17, 15) is 4.79 Å². The Hall–Kier alpha value is -0.650. The van der Waals surface area contributed by atoms with Crippen molar-refractivity contribution in [3.8, 4) is 0 Å². The van der Waals surface area contributed by atoms with Crippen LogP contribution in [0.5, 0.6) is 0 Å². The van der Waals surface area contributed by atoms with Gasteiger partial charge in [0.15, 0.2) is 5.79 Å². The van der Waals surface area contributed by atoms with E-state index >= 15 is 0 Å². The van der Waals surface area contributed by atoms with Gasteiger partial charge < -0.3 is 19.7 Å². The van der Waals surface area contributed by atoms with Crippen LogP contribution in [0, 0.1) is 0 Å². The number of amides is 1. The van der Waals surface area contributed by atoms with Gasteiger partial charge in [-0.15, -0.1) is 0 Å². The molecule has 2 aliphatic heterocycles. The van der Waals surface area contributed by atoms with E-state index in [2.05, 4.69) is 5.32 Å². The Kier molecular flexibility index (Phi) is 5.71. The maximum atomic E-state index is 12.3. The van der Waals surface area contributed by atoms with E-state index in [1.54, 1.807) is 0 Å². The predicted octanol–water partition coefficient (Wildman–Crippen LogP) is 2.05. The second kappa shape index (κ2) is 7.75. The first kappa shape index (κ1) is 16.2. The minimum atomic E-state index is -0.380. The Labute approximate surface area is 133 Å². The molecular weight excluding hydrogens is 280 g/mol. The first-order valence-corrected chi connectivity index (χ1v) is 9.07. The van der Waals surface area contributed by atoms with Gasteiger partial charge in [-0.2, -0.15) is 0 Å². The lowest BCUT2D eigenvalue weighted by Gasteiger charge is -2.37. The molecule has 3 aliphatic rings. The molecule has 0 radical (unpaired) electrons. The summed E-state index contributed by atoms with van der Waals surface area (Å²) < 4.78 is 11.4. The molecule has 5 nitrogen and oxygen atoms in total. The van der Waals surface area contributed by atoms with Crippen LogP contribution in [-0.2, 0) is 14.3 Å². The summed E-state index contributed by atoms with van der Waals surface area (Å²) in [6.07, 6.45) is 10.2. The van der Waals surface area contributed by atoms with Gasteiger partial charge in [0, 0.05) is 44.9 Å². The van der Waals surface area contributed by atoms with E-state index in [-0.39, 0.29) is 11.7 Å². The van der Waals surface area contributed by atoms with Crippen LogP contribution < -0.4 is 5.32 Å². The van der Waals surface area contributed by atoms with Crippen LogP contribution in [0.4, 0.5) is 0 Å². The Morgan fingerprint density at radius 3 is 2.32 bits per heavy atom. The molecule has 0 aromatic rings. The highest BCUT2D eigenvalue weighted by atomic mass is 16.7. The number of carbonyl (C=O) groups excluding carboxylic acids is 1. The zero-order chi connectivity index (χ0) is 15.3. The van der Waals surface area contributed by atoms with Crippen LogP contribution >= 0.6 is 0 Å². The molecule has 3 fully saturated rings. The molecular formula is C17H30N2O3. The normalized spacial score (nSPS) is 26.3. The quantitative estimate of drug-likeness (QED) is 0.808. The number of nitrogens with zero attached hydrogens (tertiary/aromatic N) is 1. The number of hydrogen-bond acceptors (Lipinski definition) is 4. The molecule has 5 heteroatoms. The lowest BCUT2D eigenvalue weighted by Crippen LogP contribution is -2.47. The standard InChI is InChI=1S/C17H30N2O3/c20-16(7-10-18-15-5-3-1-2-4-6-15)19-11-8-17(9-12-19)21-13-14-22-17/h15,18H,1-14H2. The van der Waals surface area contributed by atoms with Crippen LogP contribution in [-0.4, -0.2) is 55.5 Å². The number of ether oxygens (including phenoxy) is 2. The maximum absolute atomic E-state index is 12.3. The number of piperidine rings is 1. The summed E-state index contributed by atoms with van der Waals surface area (Å²) in [6, 6.07) is 0.625. The van der Waals surface area contributed by atoms with E-state index in [0.29, 0.717) is 25.7 Å². The van der Waals surface area contributed by atoms with Crippen molar-refractivity contribution in [1.82, 2.24) is 10.2 Å². The zero-order valence-electron chi connectivity index (χ0n) is 13.6. The lowest BCUT2D eigenvalue weighted by molar-refractivity contribution is -0.187. The number of hydrogen-bond donors (Lipinski definition) is 1. The topological polar surface area (TPSA) is 50.8 Å². The van der Waals surface area contributed by atoms with Crippen LogP contribution in [0.25, 0.3) is 0 Å². The minimum Gasteiger partial charge on any atom is -0.347 e. The van der Waals surface area contributed by atoms with Gasteiger partial charge in [0.05, 0.1) is 13.2 Å². The second-order valence-electron chi connectivity index (χ2n) is 6.88. The lowest BCUT2D eigenvalue weighted by atomic mass is 10.0. The summed E-state index contributed by atoms with van der Waals surface area (Å²) in [5.74, 6) is -0.107. The van der Waals surface area contributed by atoms with E-state index < -0.39 is 0 Å². The molecule has 1 saturated carbocycles. The molecule has 0 aromatic heterocycles. The third kappa shape index (κ3) is 4.21. The highest BCUT2D eigenvalue weighted by Crippen LogP contribution is 2.31. The molecule has 2 saturated heterocycles. The fourth-order valence-electron chi connectivity index (χ4n) is 3.91. The van der Waals surface area contributed by atoms with Crippen LogP contribution in [0.1, 0.15) is 57.8 Å². The molecule has 2 heterocycles. The second-order valence-corrected chi connectivity index (χ2v) is 6.88. The van der Waals surface area contributed by atoms with Crippen LogP contribution in [0.3, 0.4) is 0 Å². The van der Waals surface area contributed by atoms with Crippen LogP contribution in [0.15, 0.2) is 0 Å². The van der Waals surface area contributed by atoms with Crippen molar-refractivity contribution < 1.29 is 14.3 Å². The average molecular weight is 310 g/mol. The Morgan fingerprint density at radius 1 is 1.05 bits per heavy atom. The number of likely N-dealkylation sites (tertiary alicyclic amines) is 1. The third-order valence-electron chi connectivity index (χ3n) is 5.32. The summed E-state index contributed by atoms with van der Waals surface area (Å²) in [6.45, 7) is 3.74. The molecule has 0 atom stereocenters. The smallest absolute Gasteiger partial charge is 0.223 e. The van der Waals surface area contributed by atoms with Gasteiger partial charge in [0.2, 0.25) is 5.91 Å². The van der Waals surface area contributed by atoms with Gasteiger partial charge >= 0.3 is 0 Å². The van der Waals surface area contributed by atoms with Crippen molar-refractivity contribution >= 4 is 5.91 Å². The van der Waals surface area contributed by atoms with Gasteiger partial charge in [0.1, 0.15) is 0 Å². The summed E-state index contributed by atoms with van der Waals surface area (Å²) in [4.78, 5) is 14.3. The average Bonchev–Trinajstić information content (AvgIpc) is 2.83. The van der Waals surface area contributed by atoms with E-state index in [1.807, 2.05) is 4.90 Å². The van der Waals surface area contributed by atoms with Crippen molar-refractivity contribution in [1.29, 1.82) is 0 Å². The summed E-state index contributed by atoms with van der Waals surface area (Å²) >= 11 is 0. The maximum Gasteiger partial charge on any atom is 0.223 e. The van der Waals surface area contributed by atoms with Crippen molar-refractivity contribution in [2.24, 2.45) is 0 Å². The fraction of sp³-hybridized carbons (Fsp3) is 0.941. The van der Waals surface area contributed by atoms with Crippen molar-refractivity contribution in [2.45, 2.75) is 69.6 Å². The van der Waals surface area contributed by atoms with Gasteiger partial charge in [-0.1, -0.05) is 25.7 Å². The largest absolute Gasteiger partial charge is 0.347 e. The first-order chi connectivity index (χ1) is 10.8. The third-order valence-corrected chi connectivity index (χ3v) is 5.32. The molecule has 1 amide bonds. The molecule has 22 heavy (non-hydrogen) atoms. The number of carbonyl (C=O) groups is 1. The van der Waals surface area contributed by atoms with Crippen molar-refractivity contribution in [3.63, 3.8) is 0 Å². The van der Waals surface area contributed by atoms with Crippen molar-refractivity contribution in [3.05, 3.63) is 0 Å². The van der Waals surface area contributed by atoms with Gasteiger partial charge in [0.25, 0.3) is 0 Å². The molecule has 0 bridgehead atoms. The highest BCUT2D eigenvalue weighted by Gasteiger charge is 2.40. The van der Waals surface area contributed by atoms with E-state index in [0.717, 1.165) is 32.5 Å². The summed E-state index contributed by atoms with van der Waals surface area (Å²) in [5, 5.41) is 3.58. The molecule has 0 unspecified atom stereocenters. The summed E-state index contributed by atoms with van der Waals surface area (Å²) in [5.41, 5.74) is 0. The van der Waals surface area contributed by atoms with Gasteiger partial charge in [-0.25, -0.2) is 0 Å². The van der Waals surface area contributed by atoms with Gasteiger partial charge in [-0.3, -0.25) is 4.79 Å². The molecule has 3 rings (SSSR count). The number of rotatable bonds is 4. The molecule has 0 aromatic carbocycles. The Bertz CT molecular complexity index is 351. The molecule has 1 aliphatic carbocycles. The Balaban J connectivity index is 1.34.